The van der Waals surface area contributed by atoms with Gasteiger partial charge in [0.2, 0.25) is 5.82 Å². The first-order valence-corrected chi connectivity index (χ1v) is 10.3. The summed E-state index contributed by atoms with van der Waals surface area (Å²) in [4.78, 5) is 17.6. The molecule has 0 bridgehead atoms. The lowest BCUT2D eigenvalue weighted by atomic mass is 10.2. The molecule has 0 saturated heterocycles. The molecule has 8 nitrogen and oxygen atoms in total. The van der Waals surface area contributed by atoms with E-state index in [1.54, 1.807) is 61.4 Å². The topological polar surface area (TPSA) is 87.5 Å². The largest absolute Gasteiger partial charge is 0.497 e. The lowest BCUT2D eigenvalue weighted by molar-refractivity contribution is 0.101. The van der Waals surface area contributed by atoms with E-state index in [0.29, 0.717) is 39.5 Å². The van der Waals surface area contributed by atoms with Gasteiger partial charge in [-0.15, -0.1) is 5.10 Å². The molecule has 33 heavy (non-hydrogen) atoms. The van der Waals surface area contributed by atoms with Gasteiger partial charge in [0, 0.05) is 16.7 Å². The minimum Gasteiger partial charge on any atom is -0.497 e. The third-order valence-electron chi connectivity index (χ3n) is 4.89. The zero-order chi connectivity index (χ0) is 23.4. The summed E-state index contributed by atoms with van der Waals surface area (Å²) >= 11 is 6.04. The minimum absolute atomic E-state index is 0.00589. The number of aromatic nitrogens is 3. The van der Waals surface area contributed by atoms with Crippen LogP contribution in [0.5, 0.6) is 17.2 Å². The molecule has 0 aliphatic carbocycles. The second-order valence-corrected chi connectivity index (χ2v) is 7.33. The van der Waals surface area contributed by atoms with Gasteiger partial charge in [-0.25, -0.2) is 9.67 Å². The third-order valence-corrected chi connectivity index (χ3v) is 5.14. The first kappa shape index (κ1) is 22.2. The molecule has 0 aliphatic heterocycles. The highest BCUT2D eigenvalue weighted by Crippen LogP contribution is 2.30. The van der Waals surface area contributed by atoms with Crippen LogP contribution < -0.4 is 19.5 Å². The maximum atomic E-state index is 13.0. The molecule has 4 aromatic rings. The maximum absolute atomic E-state index is 13.0. The number of halogens is 1. The summed E-state index contributed by atoms with van der Waals surface area (Å²) in [6.07, 6.45) is 0. The summed E-state index contributed by atoms with van der Waals surface area (Å²) < 4.78 is 17.4. The number of nitrogens with one attached hydrogen (secondary N) is 1. The Hall–Kier alpha value is -4.04. The SMILES string of the molecule is COc1ccc(-c2nc(C(=O)Nc3ccc(OC)cc3OC)nn2-c2ccc(Cl)cc2)cc1. The molecule has 1 heterocycles. The number of methoxy groups -OCH3 is 3. The van der Waals surface area contributed by atoms with Crippen LogP contribution in [0.1, 0.15) is 10.6 Å². The highest BCUT2D eigenvalue weighted by molar-refractivity contribution is 6.30. The van der Waals surface area contributed by atoms with Gasteiger partial charge in [0.25, 0.3) is 5.91 Å². The number of carbonyl (C=O) groups is 1. The van der Waals surface area contributed by atoms with E-state index in [4.69, 9.17) is 25.8 Å². The van der Waals surface area contributed by atoms with E-state index in [2.05, 4.69) is 15.4 Å². The van der Waals surface area contributed by atoms with E-state index in [1.807, 2.05) is 24.3 Å². The van der Waals surface area contributed by atoms with E-state index in [9.17, 15) is 4.79 Å². The number of anilines is 1. The Labute approximate surface area is 195 Å². The van der Waals surface area contributed by atoms with Crippen molar-refractivity contribution in [3.63, 3.8) is 0 Å². The van der Waals surface area contributed by atoms with Crippen molar-refractivity contribution in [1.82, 2.24) is 14.8 Å². The van der Waals surface area contributed by atoms with Crippen molar-refractivity contribution in [2.24, 2.45) is 0 Å². The Morgan fingerprint density at radius 3 is 2.18 bits per heavy atom. The molecule has 0 atom stereocenters. The van der Waals surface area contributed by atoms with Gasteiger partial charge in [-0.3, -0.25) is 4.79 Å². The van der Waals surface area contributed by atoms with Crippen molar-refractivity contribution in [3.05, 3.63) is 77.6 Å². The van der Waals surface area contributed by atoms with Crippen LogP contribution in [0.15, 0.2) is 66.7 Å². The van der Waals surface area contributed by atoms with E-state index in [-0.39, 0.29) is 5.82 Å². The number of hydrogen-bond acceptors (Lipinski definition) is 6. The smallest absolute Gasteiger partial charge is 0.295 e. The van der Waals surface area contributed by atoms with Crippen LogP contribution in [0.3, 0.4) is 0 Å². The fraction of sp³-hybridized carbons (Fsp3) is 0.125. The number of nitrogens with zero attached hydrogens (tertiary/aromatic N) is 3. The summed E-state index contributed by atoms with van der Waals surface area (Å²) in [6, 6.07) is 19.5. The zero-order valence-corrected chi connectivity index (χ0v) is 19.0. The van der Waals surface area contributed by atoms with Gasteiger partial charge in [0.15, 0.2) is 5.82 Å². The van der Waals surface area contributed by atoms with Crippen molar-refractivity contribution in [3.8, 4) is 34.3 Å². The third kappa shape index (κ3) is 4.75. The van der Waals surface area contributed by atoms with E-state index < -0.39 is 5.91 Å². The monoisotopic (exact) mass is 464 g/mol. The summed E-state index contributed by atoms with van der Waals surface area (Å²) in [5.41, 5.74) is 1.94. The van der Waals surface area contributed by atoms with Crippen LogP contribution in [0, 0.1) is 0 Å². The van der Waals surface area contributed by atoms with Crippen molar-refractivity contribution in [2.45, 2.75) is 0 Å². The average molecular weight is 465 g/mol. The fourth-order valence-corrected chi connectivity index (χ4v) is 3.30. The lowest BCUT2D eigenvalue weighted by Crippen LogP contribution is -2.15. The first-order chi connectivity index (χ1) is 16.0. The summed E-state index contributed by atoms with van der Waals surface area (Å²) in [5, 5.41) is 7.86. The second-order valence-electron chi connectivity index (χ2n) is 6.90. The van der Waals surface area contributed by atoms with Gasteiger partial charge in [0.05, 0.1) is 32.7 Å². The van der Waals surface area contributed by atoms with Crippen molar-refractivity contribution in [2.75, 3.05) is 26.6 Å². The number of benzene rings is 3. The molecule has 9 heteroatoms. The van der Waals surface area contributed by atoms with E-state index in [1.165, 1.54) is 7.11 Å². The van der Waals surface area contributed by atoms with Crippen LogP contribution in [-0.4, -0.2) is 42.0 Å². The molecule has 0 fully saturated rings. The van der Waals surface area contributed by atoms with Gasteiger partial charge in [-0.1, -0.05) is 11.6 Å². The van der Waals surface area contributed by atoms with Crippen LogP contribution >= 0.6 is 11.6 Å². The Kier molecular flexibility index (Phi) is 6.46. The minimum atomic E-state index is -0.485. The predicted octanol–water partition coefficient (Wildman–Crippen LogP) is 4.87. The Balaban J connectivity index is 1.73. The lowest BCUT2D eigenvalue weighted by Gasteiger charge is -2.10. The zero-order valence-electron chi connectivity index (χ0n) is 18.2. The van der Waals surface area contributed by atoms with Crippen LogP contribution in [0.2, 0.25) is 5.02 Å². The van der Waals surface area contributed by atoms with Gasteiger partial charge in [-0.2, -0.15) is 0 Å². The molecule has 0 radical (unpaired) electrons. The molecule has 0 unspecified atom stereocenters. The molecule has 0 saturated carbocycles. The predicted molar refractivity (Wildman–Crippen MR) is 126 cm³/mol. The quantitative estimate of drug-likeness (QED) is 0.420. The molecular formula is C24H21ClN4O4. The number of hydrogen-bond donors (Lipinski definition) is 1. The fourth-order valence-electron chi connectivity index (χ4n) is 3.18. The van der Waals surface area contributed by atoms with Crippen molar-refractivity contribution < 1.29 is 19.0 Å². The van der Waals surface area contributed by atoms with Crippen LogP contribution in [0.25, 0.3) is 17.1 Å². The Bertz CT molecular complexity index is 1270. The normalized spacial score (nSPS) is 10.5. The van der Waals surface area contributed by atoms with E-state index >= 15 is 0 Å². The molecule has 0 spiro atoms. The molecule has 1 N–H and O–H groups in total. The van der Waals surface area contributed by atoms with Gasteiger partial charge < -0.3 is 19.5 Å². The standard InChI is InChI=1S/C24H21ClN4O4/c1-31-18-10-4-15(5-11-18)23-27-22(28-29(23)17-8-6-16(25)7-9-17)24(30)26-20-13-12-19(32-2)14-21(20)33-3/h4-14H,1-3H3,(H,26,30). The van der Waals surface area contributed by atoms with Crippen molar-refractivity contribution in [1.29, 1.82) is 0 Å². The first-order valence-electron chi connectivity index (χ1n) is 9.93. The highest BCUT2D eigenvalue weighted by Gasteiger charge is 2.20. The molecular weight excluding hydrogens is 444 g/mol. The Morgan fingerprint density at radius 2 is 1.55 bits per heavy atom. The van der Waals surface area contributed by atoms with Crippen LogP contribution in [-0.2, 0) is 0 Å². The maximum Gasteiger partial charge on any atom is 0.295 e. The van der Waals surface area contributed by atoms with Gasteiger partial charge >= 0.3 is 0 Å². The summed E-state index contributed by atoms with van der Waals surface area (Å²) in [5.74, 6) is 1.77. The number of amides is 1. The molecule has 168 valence electrons. The van der Waals surface area contributed by atoms with Gasteiger partial charge in [0.1, 0.15) is 17.2 Å². The summed E-state index contributed by atoms with van der Waals surface area (Å²) in [7, 11) is 4.67. The second kappa shape index (κ2) is 9.62. The van der Waals surface area contributed by atoms with Crippen molar-refractivity contribution >= 4 is 23.2 Å². The molecule has 1 amide bonds. The molecule has 0 aliphatic rings. The highest BCUT2D eigenvalue weighted by atomic mass is 35.5. The van der Waals surface area contributed by atoms with E-state index in [0.717, 1.165) is 5.56 Å². The Morgan fingerprint density at radius 1 is 0.879 bits per heavy atom. The molecule has 3 aromatic carbocycles. The molecule has 4 rings (SSSR count). The molecule has 1 aromatic heterocycles. The average Bonchev–Trinajstić information content (AvgIpc) is 3.30. The summed E-state index contributed by atoms with van der Waals surface area (Å²) in [6.45, 7) is 0. The number of carbonyl (C=O) groups excluding carboxylic acids is 1. The number of ether oxygens (including phenoxy) is 3. The van der Waals surface area contributed by atoms with Gasteiger partial charge in [-0.05, 0) is 60.7 Å². The van der Waals surface area contributed by atoms with Crippen LogP contribution in [0.4, 0.5) is 5.69 Å². The number of rotatable bonds is 7.